The minimum Gasteiger partial charge on any atom is -0.399 e. The molecule has 0 amide bonds. The summed E-state index contributed by atoms with van der Waals surface area (Å²) in [5, 5.41) is 4.17. The van der Waals surface area contributed by atoms with Gasteiger partial charge in [0.15, 0.2) is 0 Å². The van der Waals surface area contributed by atoms with Crippen molar-refractivity contribution in [1.82, 2.24) is 10.3 Å². The van der Waals surface area contributed by atoms with Crippen LogP contribution in [0.25, 0.3) is 0 Å². The Balaban J connectivity index is 1.90. The van der Waals surface area contributed by atoms with Crippen LogP contribution in [-0.4, -0.2) is 4.98 Å². The summed E-state index contributed by atoms with van der Waals surface area (Å²) in [6.45, 7) is 3.15. The number of aromatic nitrogens is 1. The molecule has 90 valence electrons. The van der Waals surface area contributed by atoms with Gasteiger partial charge in [0.2, 0.25) is 0 Å². The van der Waals surface area contributed by atoms with E-state index in [-0.39, 0.29) is 5.82 Å². The van der Waals surface area contributed by atoms with Crippen molar-refractivity contribution in [3.8, 4) is 0 Å². The Morgan fingerprint density at radius 1 is 1.41 bits per heavy atom. The van der Waals surface area contributed by atoms with Crippen LogP contribution in [0.1, 0.15) is 15.4 Å². The van der Waals surface area contributed by atoms with Crippen molar-refractivity contribution < 1.29 is 4.39 Å². The lowest BCUT2D eigenvalue weighted by Gasteiger charge is -2.05. The topological polar surface area (TPSA) is 50.9 Å². The van der Waals surface area contributed by atoms with E-state index in [1.165, 1.54) is 10.9 Å². The lowest BCUT2D eigenvalue weighted by atomic mass is 10.2. The van der Waals surface area contributed by atoms with Gasteiger partial charge in [0, 0.05) is 35.4 Å². The van der Waals surface area contributed by atoms with Crippen LogP contribution in [0, 0.1) is 12.7 Å². The Labute approximate surface area is 103 Å². The second-order valence-electron chi connectivity index (χ2n) is 3.82. The summed E-state index contributed by atoms with van der Waals surface area (Å²) in [6, 6.07) is 4.74. The normalized spacial score (nSPS) is 10.7. The first-order valence-electron chi connectivity index (χ1n) is 5.31. The number of hydrogen-bond acceptors (Lipinski definition) is 4. The average molecular weight is 251 g/mol. The van der Waals surface area contributed by atoms with E-state index in [0.29, 0.717) is 24.3 Å². The van der Waals surface area contributed by atoms with Crippen LogP contribution in [0.3, 0.4) is 0 Å². The molecule has 0 spiro atoms. The number of benzene rings is 1. The van der Waals surface area contributed by atoms with Crippen molar-refractivity contribution in [1.29, 1.82) is 0 Å². The first kappa shape index (κ1) is 12.0. The minimum absolute atomic E-state index is 0.271. The van der Waals surface area contributed by atoms with E-state index in [9.17, 15) is 4.39 Å². The van der Waals surface area contributed by atoms with Gasteiger partial charge in [0.25, 0.3) is 0 Å². The average Bonchev–Trinajstić information content (AvgIpc) is 2.68. The van der Waals surface area contributed by atoms with Gasteiger partial charge in [-0.25, -0.2) is 9.37 Å². The van der Waals surface area contributed by atoms with E-state index in [4.69, 9.17) is 5.73 Å². The molecule has 0 fully saturated rings. The number of nitrogens with zero attached hydrogens (tertiary/aromatic N) is 1. The summed E-state index contributed by atoms with van der Waals surface area (Å²) in [5.74, 6) is -0.271. The monoisotopic (exact) mass is 251 g/mol. The molecule has 0 bridgehead atoms. The molecule has 17 heavy (non-hydrogen) atoms. The first-order valence-corrected chi connectivity index (χ1v) is 6.13. The van der Waals surface area contributed by atoms with Crippen molar-refractivity contribution in [2.75, 3.05) is 5.73 Å². The van der Waals surface area contributed by atoms with Gasteiger partial charge in [-0.05, 0) is 19.1 Å². The lowest BCUT2D eigenvalue weighted by molar-refractivity contribution is 0.588. The summed E-state index contributed by atoms with van der Waals surface area (Å²) in [5.41, 5.74) is 6.55. The summed E-state index contributed by atoms with van der Waals surface area (Å²) < 4.78 is 13.4. The SMILES string of the molecule is Cc1cnc(CNCc2ccc(N)cc2F)s1. The van der Waals surface area contributed by atoms with E-state index in [1.807, 2.05) is 13.1 Å². The maximum Gasteiger partial charge on any atom is 0.129 e. The van der Waals surface area contributed by atoms with Crippen LogP contribution < -0.4 is 11.1 Å². The maximum absolute atomic E-state index is 13.4. The fourth-order valence-electron chi connectivity index (χ4n) is 1.49. The summed E-state index contributed by atoms with van der Waals surface area (Å²) >= 11 is 1.64. The second-order valence-corrected chi connectivity index (χ2v) is 5.14. The van der Waals surface area contributed by atoms with Gasteiger partial charge >= 0.3 is 0 Å². The number of halogens is 1. The third-order valence-electron chi connectivity index (χ3n) is 2.34. The van der Waals surface area contributed by atoms with E-state index in [2.05, 4.69) is 10.3 Å². The number of nitrogens with two attached hydrogens (primary N) is 1. The van der Waals surface area contributed by atoms with Gasteiger partial charge in [0.05, 0.1) is 0 Å². The predicted octanol–water partition coefficient (Wildman–Crippen LogP) is 2.46. The fraction of sp³-hybridized carbons (Fsp3) is 0.250. The molecule has 0 unspecified atom stereocenters. The standard InChI is InChI=1S/C12H14FN3S/c1-8-5-16-12(17-8)7-15-6-9-2-3-10(14)4-11(9)13/h2-5,15H,6-7,14H2,1H3. The van der Waals surface area contributed by atoms with E-state index < -0.39 is 0 Å². The van der Waals surface area contributed by atoms with Crippen LogP contribution >= 0.6 is 11.3 Å². The number of hydrogen-bond donors (Lipinski definition) is 2. The number of anilines is 1. The van der Waals surface area contributed by atoms with Crippen LogP contribution in [0.4, 0.5) is 10.1 Å². The molecule has 1 heterocycles. The minimum atomic E-state index is -0.271. The highest BCUT2D eigenvalue weighted by molar-refractivity contribution is 7.11. The maximum atomic E-state index is 13.4. The molecule has 2 aromatic rings. The zero-order valence-electron chi connectivity index (χ0n) is 9.53. The third kappa shape index (κ3) is 3.25. The molecule has 0 atom stereocenters. The second kappa shape index (κ2) is 5.25. The fourth-order valence-corrected chi connectivity index (χ4v) is 2.25. The van der Waals surface area contributed by atoms with Crippen molar-refractivity contribution in [3.63, 3.8) is 0 Å². The molecule has 1 aromatic heterocycles. The number of nitrogen functional groups attached to an aromatic ring is 1. The quantitative estimate of drug-likeness (QED) is 0.821. The molecule has 5 heteroatoms. The number of nitrogens with one attached hydrogen (secondary N) is 1. The predicted molar refractivity (Wildman–Crippen MR) is 68.2 cm³/mol. The Morgan fingerprint density at radius 3 is 2.88 bits per heavy atom. The molecule has 3 nitrogen and oxygen atoms in total. The first-order chi connectivity index (χ1) is 8.15. The van der Waals surface area contributed by atoms with Crippen molar-refractivity contribution in [3.05, 3.63) is 45.7 Å². The molecule has 0 radical (unpaired) electrons. The van der Waals surface area contributed by atoms with E-state index in [0.717, 1.165) is 5.01 Å². The van der Waals surface area contributed by atoms with Crippen LogP contribution in [0.15, 0.2) is 24.4 Å². The molecule has 0 aliphatic heterocycles. The molecule has 0 aliphatic carbocycles. The molecule has 3 N–H and O–H groups in total. The molecule has 1 aromatic carbocycles. The highest BCUT2D eigenvalue weighted by Crippen LogP contribution is 2.13. The van der Waals surface area contributed by atoms with Gasteiger partial charge in [-0.1, -0.05) is 6.07 Å². The molecular weight excluding hydrogens is 237 g/mol. The highest BCUT2D eigenvalue weighted by Gasteiger charge is 2.03. The summed E-state index contributed by atoms with van der Waals surface area (Å²) in [7, 11) is 0. The molecule has 0 saturated heterocycles. The van der Waals surface area contributed by atoms with Gasteiger partial charge in [-0.2, -0.15) is 0 Å². The Morgan fingerprint density at radius 2 is 2.24 bits per heavy atom. The zero-order chi connectivity index (χ0) is 12.3. The lowest BCUT2D eigenvalue weighted by Crippen LogP contribution is -2.13. The van der Waals surface area contributed by atoms with Crippen LogP contribution in [0.2, 0.25) is 0 Å². The van der Waals surface area contributed by atoms with Crippen molar-refractivity contribution >= 4 is 17.0 Å². The third-order valence-corrected chi connectivity index (χ3v) is 3.25. The largest absolute Gasteiger partial charge is 0.399 e. The van der Waals surface area contributed by atoms with Crippen molar-refractivity contribution in [2.45, 2.75) is 20.0 Å². The van der Waals surface area contributed by atoms with Crippen molar-refractivity contribution in [2.24, 2.45) is 0 Å². The highest BCUT2D eigenvalue weighted by atomic mass is 32.1. The molecular formula is C12H14FN3S. The summed E-state index contributed by atoms with van der Waals surface area (Å²) in [4.78, 5) is 5.41. The van der Waals surface area contributed by atoms with E-state index >= 15 is 0 Å². The van der Waals surface area contributed by atoms with E-state index in [1.54, 1.807) is 23.5 Å². The van der Waals surface area contributed by atoms with Gasteiger partial charge in [-0.3, -0.25) is 0 Å². The van der Waals surface area contributed by atoms with Crippen LogP contribution in [0.5, 0.6) is 0 Å². The van der Waals surface area contributed by atoms with Gasteiger partial charge in [-0.15, -0.1) is 11.3 Å². The van der Waals surface area contributed by atoms with Gasteiger partial charge in [0.1, 0.15) is 10.8 Å². The number of aryl methyl sites for hydroxylation is 1. The Bertz CT molecular complexity index is 510. The van der Waals surface area contributed by atoms with Crippen LogP contribution in [-0.2, 0) is 13.1 Å². The summed E-state index contributed by atoms with van der Waals surface area (Å²) in [6.07, 6.45) is 1.84. The Kier molecular flexibility index (Phi) is 3.71. The molecule has 2 rings (SSSR count). The Hall–Kier alpha value is -1.46. The molecule has 0 saturated carbocycles. The zero-order valence-corrected chi connectivity index (χ0v) is 10.4. The van der Waals surface area contributed by atoms with Gasteiger partial charge < -0.3 is 11.1 Å². The smallest absolute Gasteiger partial charge is 0.129 e. The number of rotatable bonds is 4. The number of thiazole rings is 1. The molecule has 0 aliphatic rings.